The fourth-order valence-electron chi connectivity index (χ4n) is 5.45. The molecule has 0 aliphatic carbocycles. The molecule has 43 heavy (non-hydrogen) atoms. The molecule has 0 unspecified atom stereocenters. The van der Waals surface area contributed by atoms with Crippen molar-refractivity contribution in [1.82, 2.24) is 0 Å². The van der Waals surface area contributed by atoms with E-state index >= 15 is 0 Å². The summed E-state index contributed by atoms with van der Waals surface area (Å²) < 4.78 is 42.3. The van der Waals surface area contributed by atoms with E-state index in [1.54, 1.807) is 26.0 Å². The molecule has 2 aliphatic rings. The molecule has 8 nitrogen and oxygen atoms in total. The van der Waals surface area contributed by atoms with Crippen molar-refractivity contribution in [3.8, 4) is 11.5 Å². The van der Waals surface area contributed by atoms with Crippen molar-refractivity contribution in [1.29, 1.82) is 0 Å². The van der Waals surface area contributed by atoms with Gasteiger partial charge in [-0.2, -0.15) is 0 Å². The lowest BCUT2D eigenvalue weighted by Crippen LogP contribution is -2.54. The number of ether oxygens (including phenoxy) is 7. The first kappa shape index (κ1) is 31.8. The average Bonchev–Trinajstić information content (AvgIpc) is 3.02. The Morgan fingerprint density at radius 2 is 1.30 bits per heavy atom. The lowest BCUT2D eigenvalue weighted by atomic mass is 10.0. The number of hydrogen-bond acceptors (Lipinski definition) is 9. The monoisotopic (exact) mass is 610 g/mol. The Balaban J connectivity index is 1.21. The minimum absolute atomic E-state index is 0.0920. The van der Waals surface area contributed by atoms with Gasteiger partial charge in [-0.25, -0.2) is 0 Å². The smallest absolute Gasteiger partial charge is 0.161 e. The molecular formula is C34H42O8S. The zero-order chi connectivity index (χ0) is 30.2. The van der Waals surface area contributed by atoms with Crippen LogP contribution in [0.15, 0.2) is 83.8 Å². The third kappa shape index (κ3) is 8.73. The molecule has 0 aromatic heterocycles. The lowest BCUT2D eigenvalue weighted by molar-refractivity contribution is -0.298. The predicted molar refractivity (Wildman–Crippen MR) is 164 cm³/mol. The molecule has 2 saturated heterocycles. The maximum atomic E-state index is 11.1. The van der Waals surface area contributed by atoms with Crippen molar-refractivity contribution in [2.45, 2.75) is 93.1 Å². The zero-order valence-electron chi connectivity index (χ0n) is 25.2. The average molecular weight is 611 g/mol. The first-order chi connectivity index (χ1) is 20.9. The zero-order valence-corrected chi connectivity index (χ0v) is 26.0. The van der Waals surface area contributed by atoms with Crippen LogP contribution in [0.2, 0.25) is 0 Å². The highest BCUT2D eigenvalue weighted by atomic mass is 32.2. The Bertz CT molecular complexity index is 1230. The van der Waals surface area contributed by atoms with Crippen LogP contribution in [0.1, 0.15) is 37.8 Å². The topological polar surface area (TPSA) is 84.8 Å². The van der Waals surface area contributed by atoms with E-state index in [0.717, 1.165) is 27.5 Å². The summed E-state index contributed by atoms with van der Waals surface area (Å²) in [7, 11) is 3.29. The van der Waals surface area contributed by atoms with Crippen LogP contribution in [0.25, 0.3) is 0 Å². The molecule has 2 aliphatic heterocycles. The highest BCUT2D eigenvalue weighted by Crippen LogP contribution is 2.37. The second-order valence-corrected chi connectivity index (χ2v) is 12.2. The Hall–Kier alpha value is -2.63. The Labute approximate surface area is 258 Å². The van der Waals surface area contributed by atoms with Crippen molar-refractivity contribution in [2.24, 2.45) is 0 Å². The van der Waals surface area contributed by atoms with Gasteiger partial charge in [0.1, 0.15) is 29.1 Å². The van der Waals surface area contributed by atoms with Gasteiger partial charge in [0, 0.05) is 17.7 Å². The molecular weight excluding hydrogens is 568 g/mol. The summed E-state index contributed by atoms with van der Waals surface area (Å²) in [5.41, 5.74) is 1.94. The molecule has 232 valence electrons. The van der Waals surface area contributed by atoms with Gasteiger partial charge in [-0.1, -0.05) is 54.2 Å². The summed E-state index contributed by atoms with van der Waals surface area (Å²) in [5.74, 6) is 1.59. The maximum absolute atomic E-state index is 11.1. The number of aliphatic hydroxyl groups is 1. The van der Waals surface area contributed by atoms with E-state index in [2.05, 4.69) is 12.1 Å². The fraction of sp³-hybridized carbons (Fsp3) is 0.471. The molecule has 8 atom stereocenters. The van der Waals surface area contributed by atoms with Crippen molar-refractivity contribution in [3.05, 3.63) is 90.0 Å². The van der Waals surface area contributed by atoms with Crippen molar-refractivity contribution in [2.75, 3.05) is 14.2 Å². The second kappa shape index (κ2) is 15.4. The molecule has 2 heterocycles. The number of methoxy groups -OCH3 is 2. The highest BCUT2D eigenvalue weighted by molar-refractivity contribution is 7.99. The minimum Gasteiger partial charge on any atom is -0.497 e. The van der Waals surface area contributed by atoms with Crippen LogP contribution in [0, 0.1) is 0 Å². The summed E-state index contributed by atoms with van der Waals surface area (Å²) in [4.78, 5) is 1.14. The molecule has 1 N–H and O–H groups in total. The van der Waals surface area contributed by atoms with Gasteiger partial charge in [0.05, 0.1) is 51.8 Å². The van der Waals surface area contributed by atoms with Crippen molar-refractivity contribution < 1.29 is 38.3 Å². The van der Waals surface area contributed by atoms with Crippen LogP contribution in [0.4, 0.5) is 0 Å². The molecule has 9 heteroatoms. The van der Waals surface area contributed by atoms with Crippen LogP contribution < -0.4 is 9.47 Å². The number of hydrogen-bond donors (Lipinski definition) is 1. The first-order valence-electron chi connectivity index (χ1n) is 14.8. The largest absolute Gasteiger partial charge is 0.497 e. The Morgan fingerprint density at radius 1 is 0.721 bits per heavy atom. The Morgan fingerprint density at radius 3 is 1.88 bits per heavy atom. The van der Waals surface area contributed by atoms with E-state index in [1.807, 2.05) is 80.6 Å². The van der Waals surface area contributed by atoms with E-state index in [9.17, 15) is 5.11 Å². The van der Waals surface area contributed by atoms with Gasteiger partial charge >= 0.3 is 0 Å². The standard InChI is InChI=1S/C34H42O8S/c1-22-33(39-21-25-12-16-27(37-4)17-13-25)29(35)18-31(40-22)42-34-23(2)41-32(43-28-8-6-5-7-9-28)19-30(34)38-20-24-10-14-26(36-3)15-11-24/h5-17,22-23,29-35H,18-21H2,1-4H3/t22-,23+,29+,30+,31-,32+,33-,34+/m1/s1. The van der Waals surface area contributed by atoms with Crippen LogP contribution >= 0.6 is 11.8 Å². The van der Waals surface area contributed by atoms with E-state index in [4.69, 9.17) is 33.2 Å². The summed E-state index contributed by atoms with van der Waals surface area (Å²) in [6.07, 6.45) is -2.16. The maximum Gasteiger partial charge on any atom is 0.161 e. The second-order valence-electron chi connectivity index (χ2n) is 10.9. The van der Waals surface area contributed by atoms with E-state index < -0.39 is 18.5 Å². The minimum atomic E-state index is -0.744. The molecule has 0 amide bonds. The van der Waals surface area contributed by atoms with Crippen molar-refractivity contribution >= 4 is 11.8 Å². The highest BCUT2D eigenvalue weighted by Gasteiger charge is 2.43. The van der Waals surface area contributed by atoms with Gasteiger partial charge in [-0.05, 0) is 61.4 Å². The molecule has 0 bridgehead atoms. The van der Waals surface area contributed by atoms with E-state index in [-0.39, 0.29) is 36.3 Å². The van der Waals surface area contributed by atoms with Crippen LogP contribution in [-0.2, 0) is 36.9 Å². The number of aliphatic hydroxyl groups excluding tert-OH is 1. The number of thioether (sulfide) groups is 1. The normalized spacial score (nSPS) is 29.2. The summed E-state index contributed by atoms with van der Waals surface area (Å²) in [6.45, 7) is 4.70. The van der Waals surface area contributed by atoms with Crippen LogP contribution in [0.5, 0.6) is 11.5 Å². The molecule has 3 aromatic carbocycles. The SMILES string of the molecule is COc1ccc(CO[C@H]2[C@@H](O)C[C@@H](O[C@H]3[C@H](C)O[C@@H](Sc4ccccc4)C[C@@H]3OCc3ccc(OC)cc3)O[C@@H]2C)cc1. The third-order valence-corrected chi connectivity index (χ3v) is 8.92. The third-order valence-electron chi connectivity index (χ3n) is 7.81. The fourth-order valence-corrected chi connectivity index (χ4v) is 6.59. The molecule has 0 radical (unpaired) electrons. The van der Waals surface area contributed by atoms with Gasteiger partial charge in [0.15, 0.2) is 6.29 Å². The molecule has 0 saturated carbocycles. The first-order valence-corrected chi connectivity index (χ1v) is 15.6. The van der Waals surface area contributed by atoms with Crippen molar-refractivity contribution in [3.63, 3.8) is 0 Å². The van der Waals surface area contributed by atoms with E-state index in [1.165, 1.54) is 0 Å². The summed E-state index contributed by atoms with van der Waals surface area (Å²) in [6, 6.07) is 25.8. The number of rotatable bonds is 12. The molecule has 3 aromatic rings. The van der Waals surface area contributed by atoms with Gasteiger partial charge in [-0.15, -0.1) is 0 Å². The summed E-state index contributed by atoms with van der Waals surface area (Å²) in [5, 5.41) is 11.1. The van der Waals surface area contributed by atoms with Gasteiger partial charge in [0.25, 0.3) is 0 Å². The van der Waals surface area contributed by atoms with Crippen LogP contribution in [0.3, 0.4) is 0 Å². The van der Waals surface area contributed by atoms with Gasteiger partial charge < -0.3 is 38.3 Å². The van der Waals surface area contributed by atoms with Gasteiger partial charge in [0.2, 0.25) is 0 Å². The van der Waals surface area contributed by atoms with Gasteiger partial charge in [-0.3, -0.25) is 0 Å². The Kier molecular flexibility index (Phi) is 11.4. The quantitative estimate of drug-likeness (QED) is 0.266. The summed E-state index contributed by atoms with van der Waals surface area (Å²) >= 11 is 1.68. The number of benzene rings is 3. The molecule has 0 spiro atoms. The lowest BCUT2D eigenvalue weighted by Gasteiger charge is -2.44. The molecule has 2 fully saturated rings. The molecule has 5 rings (SSSR count). The van der Waals surface area contributed by atoms with Crippen LogP contribution in [-0.4, -0.2) is 67.7 Å². The predicted octanol–water partition coefficient (Wildman–Crippen LogP) is 5.98. The van der Waals surface area contributed by atoms with E-state index in [0.29, 0.717) is 19.6 Å².